The van der Waals surface area contributed by atoms with Gasteiger partial charge in [0.1, 0.15) is 70.4 Å². The van der Waals surface area contributed by atoms with Crippen LogP contribution in [0.25, 0.3) is 0 Å². The Hall–Kier alpha value is -6.59. The molecule has 3 nitrogen and oxygen atoms in total. The molecule has 0 amide bonds. The normalized spacial score (nSPS) is 11.2. The average Bonchev–Trinajstić information content (AvgIpc) is 3.21. The van der Waals surface area contributed by atoms with Crippen molar-refractivity contribution in [2.24, 2.45) is 0 Å². The highest BCUT2D eigenvalue weighted by molar-refractivity contribution is 7.20. The monoisotopic (exact) mass is 863 g/mol. The van der Waals surface area contributed by atoms with E-state index in [2.05, 4.69) is 0 Å². The van der Waals surface area contributed by atoms with Gasteiger partial charge in [-0.05, 0) is 6.92 Å². The summed E-state index contributed by atoms with van der Waals surface area (Å²) in [7, 11) is 0. The van der Waals surface area contributed by atoms with E-state index >= 15 is 35.1 Å². The molecule has 5 rings (SSSR count). The minimum Gasteiger partial charge on any atom is -0.207 e. The zero-order valence-corrected chi connectivity index (χ0v) is 28.1. The maximum atomic E-state index is 15.4. The van der Waals surface area contributed by atoms with Crippen molar-refractivity contribution >= 4 is 28.0 Å². The van der Waals surface area contributed by atoms with Crippen molar-refractivity contribution in [3.8, 4) is 12.1 Å². The molecule has 0 aliphatic rings. The topological polar surface area (TPSA) is 51.5 Å². The van der Waals surface area contributed by atoms with Crippen molar-refractivity contribution in [1.82, 2.24) is 0 Å². The molecule has 0 saturated carbocycles. The summed E-state index contributed by atoms with van der Waals surface area (Å²) in [4.78, 5) is 0. The van der Waals surface area contributed by atoms with Gasteiger partial charge in [0.15, 0.2) is 88.7 Å². The molecule has 1 heterocycles. The number of nitriles is 2. The molecule has 1 aromatic heterocycles. The van der Waals surface area contributed by atoms with Gasteiger partial charge in [0.05, 0.1) is 0 Å². The molecule has 0 aliphatic carbocycles. The lowest BCUT2D eigenvalue weighted by atomic mass is 9.12. The first-order valence-electron chi connectivity index (χ1n) is 15.2. The van der Waals surface area contributed by atoms with Crippen LogP contribution >= 0.6 is 0 Å². The molecule has 5 aromatic rings. The molecular weight excluding hydrogens is 853 g/mol. The summed E-state index contributed by atoms with van der Waals surface area (Å²) in [5.74, 6) is -71.4. The Labute approximate surface area is 314 Å². The molecule has 24 heteroatoms. The fraction of sp³-hybridized carbons (Fsp3) is 0.0571. The standard InChI is InChI=1S/C24BF20.C11H10N3/c26-5-1(6(27)14(35)21(42)13(5)34)25(2-7(28)15(36)22(43)16(37)8(2)29,3-9(30)17(38)23(44)18(39)10(3)31)4-11(32)19(40)24(45)20(41)12(4)33;1-10(11(7-12)8-13)9-14-5-3-2-4-6-14/h;2-6H,9H2,1H3/q-1;+1. The molecule has 0 atom stereocenters. The van der Waals surface area contributed by atoms with E-state index in [9.17, 15) is 52.7 Å². The Balaban J connectivity index is 0.000000464. The molecule has 0 saturated heterocycles. The third-order valence-electron chi connectivity index (χ3n) is 8.55. The number of pyridine rings is 1. The van der Waals surface area contributed by atoms with Crippen LogP contribution in [0.1, 0.15) is 6.92 Å². The minimum absolute atomic E-state index is 0.196. The van der Waals surface area contributed by atoms with E-state index in [4.69, 9.17) is 10.5 Å². The Morgan fingerprint density at radius 2 is 0.593 bits per heavy atom. The third-order valence-corrected chi connectivity index (χ3v) is 8.55. The molecule has 0 aliphatic heterocycles. The van der Waals surface area contributed by atoms with Crippen molar-refractivity contribution in [3.05, 3.63) is 158 Å². The maximum Gasteiger partial charge on any atom is 0.200 e. The molecule has 4 aromatic carbocycles. The van der Waals surface area contributed by atoms with E-state index in [0.29, 0.717) is 6.54 Å². The van der Waals surface area contributed by atoms with Crippen molar-refractivity contribution in [3.63, 3.8) is 0 Å². The smallest absolute Gasteiger partial charge is 0.200 e. The van der Waals surface area contributed by atoms with Crippen molar-refractivity contribution in [2.45, 2.75) is 13.5 Å². The van der Waals surface area contributed by atoms with E-state index in [1.54, 1.807) is 6.92 Å². The van der Waals surface area contributed by atoms with E-state index < -0.39 is 144 Å². The van der Waals surface area contributed by atoms with Gasteiger partial charge in [-0.15, -0.1) is 21.9 Å². The Morgan fingerprint density at radius 1 is 0.390 bits per heavy atom. The minimum atomic E-state index is -7.22. The number of halogens is 20. The highest BCUT2D eigenvalue weighted by Gasteiger charge is 2.52. The highest BCUT2D eigenvalue weighted by atomic mass is 19.2. The van der Waals surface area contributed by atoms with Crippen molar-refractivity contribution < 1.29 is 92.4 Å². The Kier molecular flexibility index (Phi) is 12.8. The number of aromatic nitrogens is 1. The van der Waals surface area contributed by atoms with Crippen LogP contribution < -0.4 is 26.4 Å². The Bertz CT molecular complexity index is 2270. The molecule has 0 radical (unpaired) electrons. The molecule has 59 heavy (non-hydrogen) atoms. The summed E-state index contributed by atoms with van der Waals surface area (Å²) in [5.41, 5.74) is -13.4. The lowest BCUT2D eigenvalue weighted by Crippen LogP contribution is -2.81. The van der Waals surface area contributed by atoms with Gasteiger partial charge < -0.3 is 0 Å². The van der Waals surface area contributed by atoms with Crippen LogP contribution in [0.4, 0.5) is 87.8 Å². The lowest BCUT2D eigenvalue weighted by Gasteiger charge is -2.44. The second-order valence-electron chi connectivity index (χ2n) is 11.7. The van der Waals surface area contributed by atoms with Gasteiger partial charge in [0.2, 0.25) is 0 Å². The fourth-order valence-corrected chi connectivity index (χ4v) is 5.98. The van der Waals surface area contributed by atoms with E-state index in [1.165, 1.54) is 0 Å². The van der Waals surface area contributed by atoms with Crippen LogP contribution in [0.2, 0.25) is 0 Å². The third kappa shape index (κ3) is 7.05. The van der Waals surface area contributed by atoms with Gasteiger partial charge in [-0.1, -0.05) is 6.07 Å². The molecule has 308 valence electrons. The van der Waals surface area contributed by atoms with Crippen LogP contribution in [-0.2, 0) is 6.54 Å². The van der Waals surface area contributed by atoms with Crippen LogP contribution in [0.5, 0.6) is 0 Å². The van der Waals surface area contributed by atoms with Gasteiger partial charge in [-0.3, -0.25) is 0 Å². The first kappa shape index (κ1) is 45.1. The van der Waals surface area contributed by atoms with Gasteiger partial charge in [0.25, 0.3) is 0 Å². The number of allylic oxidation sites excluding steroid dienone is 2. The van der Waals surface area contributed by atoms with Gasteiger partial charge in [-0.2, -0.15) is 10.5 Å². The highest BCUT2D eigenvalue weighted by Crippen LogP contribution is 2.30. The van der Waals surface area contributed by atoms with E-state index in [0.717, 1.165) is 5.57 Å². The van der Waals surface area contributed by atoms with Gasteiger partial charge in [-0.25, -0.2) is 92.4 Å². The predicted octanol–water partition coefficient (Wildman–Crippen LogP) is 7.18. The first-order chi connectivity index (χ1) is 27.5. The molecule has 0 N–H and O–H groups in total. The molecular formula is C35H10BF20N3. The van der Waals surface area contributed by atoms with Crippen LogP contribution in [0.3, 0.4) is 0 Å². The average molecular weight is 863 g/mol. The number of hydrogen-bond donors (Lipinski definition) is 0. The molecule has 0 fully saturated rings. The van der Waals surface area contributed by atoms with Crippen molar-refractivity contribution in [2.75, 3.05) is 0 Å². The largest absolute Gasteiger partial charge is 0.207 e. The van der Waals surface area contributed by atoms with Crippen LogP contribution in [-0.4, -0.2) is 6.15 Å². The predicted molar refractivity (Wildman–Crippen MR) is 160 cm³/mol. The van der Waals surface area contributed by atoms with Gasteiger partial charge in [0, 0.05) is 17.7 Å². The summed E-state index contributed by atoms with van der Waals surface area (Å²) in [5, 5.41) is 17.3. The molecule has 0 spiro atoms. The molecule has 0 bridgehead atoms. The lowest BCUT2D eigenvalue weighted by molar-refractivity contribution is -0.689. The zero-order valence-electron chi connectivity index (χ0n) is 28.1. The summed E-state index contributed by atoms with van der Waals surface area (Å²) < 4.78 is 296. The number of rotatable bonds is 6. The van der Waals surface area contributed by atoms with E-state index in [-0.39, 0.29) is 5.57 Å². The van der Waals surface area contributed by atoms with Crippen LogP contribution in [0.15, 0.2) is 41.7 Å². The fourth-order valence-electron chi connectivity index (χ4n) is 5.98. The molecule has 0 unspecified atom stereocenters. The summed E-state index contributed by atoms with van der Waals surface area (Å²) in [6, 6.07) is 9.49. The second kappa shape index (κ2) is 16.7. The second-order valence-corrected chi connectivity index (χ2v) is 11.7. The zero-order chi connectivity index (χ0) is 44.7. The maximum absolute atomic E-state index is 15.4. The van der Waals surface area contributed by atoms with E-state index in [1.807, 2.05) is 47.3 Å². The number of hydrogen-bond acceptors (Lipinski definition) is 2. The van der Waals surface area contributed by atoms with Crippen molar-refractivity contribution in [1.29, 1.82) is 10.5 Å². The summed E-state index contributed by atoms with van der Waals surface area (Å²) in [6.07, 6.45) is -3.42. The summed E-state index contributed by atoms with van der Waals surface area (Å²) >= 11 is 0. The number of benzene rings is 4. The first-order valence-corrected chi connectivity index (χ1v) is 15.2. The Morgan fingerprint density at radius 3 is 0.797 bits per heavy atom. The van der Waals surface area contributed by atoms with Gasteiger partial charge >= 0.3 is 0 Å². The quantitative estimate of drug-likeness (QED) is 0.0454. The SMILES string of the molecule is CC(C[n+]1ccccc1)=C(C#N)C#N.Fc1c(F)c(F)c([B-](c2c(F)c(F)c(F)c(F)c2F)(c2c(F)c(F)c(F)c(F)c2F)c2c(F)c(F)c(F)c(F)c2F)c(F)c1F. The number of nitrogens with zero attached hydrogens (tertiary/aromatic N) is 3. The summed E-state index contributed by atoms with van der Waals surface area (Å²) in [6.45, 7) is 2.37. The van der Waals surface area contributed by atoms with Crippen LogP contribution in [0, 0.1) is 139 Å².